The highest BCUT2D eigenvalue weighted by Crippen LogP contribution is 2.57. The van der Waals surface area contributed by atoms with Gasteiger partial charge < -0.3 is 4.90 Å². The Morgan fingerprint density at radius 3 is 1.46 bits per heavy atom. The van der Waals surface area contributed by atoms with Crippen LogP contribution in [0.5, 0.6) is 0 Å². The van der Waals surface area contributed by atoms with Gasteiger partial charge in [-0.15, -0.1) is 0 Å². The van der Waals surface area contributed by atoms with E-state index in [1.807, 2.05) is 0 Å². The number of hydrogen-bond acceptors (Lipinski definition) is 1. The van der Waals surface area contributed by atoms with E-state index in [1.165, 1.54) is 77.5 Å². The van der Waals surface area contributed by atoms with Gasteiger partial charge in [0.05, 0.1) is 5.41 Å². The Morgan fingerprint density at radius 2 is 0.789 bits per heavy atom. The van der Waals surface area contributed by atoms with Crippen molar-refractivity contribution in [3.8, 4) is 33.4 Å². The normalized spacial score (nSPS) is 14.1. The van der Waals surface area contributed by atoms with Crippen LogP contribution in [-0.2, 0) is 10.8 Å². The first-order chi connectivity index (χ1) is 28.0. The molecule has 270 valence electrons. The van der Waals surface area contributed by atoms with E-state index in [1.54, 1.807) is 0 Å². The molecule has 0 fully saturated rings. The van der Waals surface area contributed by atoms with Crippen LogP contribution in [0.15, 0.2) is 212 Å². The smallest absolute Gasteiger partial charge is 0.0713 e. The molecule has 0 saturated heterocycles. The molecule has 0 amide bonds. The second-order valence-electron chi connectivity index (χ2n) is 16.1. The van der Waals surface area contributed by atoms with Crippen LogP contribution in [0.1, 0.15) is 47.2 Å². The lowest BCUT2D eigenvalue weighted by Gasteiger charge is -2.35. The van der Waals surface area contributed by atoms with E-state index < -0.39 is 5.41 Å². The fraction of sp³-hybridized carbons (Fsp3) is 0.0714. The van der Waals surface area contributed by atoms with Gasteiger partial charge in [0, 0.05) is 22.5 Å². The van der Waals surface area contributed by atoms with Gasteiger partial charge in [-0.05, 0) is 120 Å². The van der Waals surface area contributed by atoms with Crippen molar-refractivity contribution >= 4 is 27.8 Å². The summed E-state index contributed by atoms with van der Waals surface area (Å²) in [6.45, 7) is 4.72. The van der Waals surface area contributed by atoms with E-state index >= 15 is 0 Å². The molecule has 0 N–H and O–H groups in total. The molecule has 9 aromatic carbocycles. The first-order valence-electron chi connectivity index (χ1n) is 20.0. The van der Waals surface area contributed by atoms with E-state index in [2.05, 4.69) is 231 Å². The molecule has 1 heteroatoms. The second kappa shape index (κ2) is 12.8. The predicted octanol–water partition coefficient (Wildman–Crippen LogP) is 14.6. The Morgan fingerprint density at radius 1 is 0.316 bits per heavy atom. The molecule has 0 atom stereocenters. The summed E-state index contributed by atoms with van der Waals surface area (Å²) in [5, 5.41) is 2.50. The third kappa shape index (κ3) is 5.02. The quantitative estimate of drug-likeness (QED) is 0.165. The Bertz CT molecular complexity index is 2930. The van der Waals surface area contributed by atoms with Gasteiger partial charge >= 0.3 is 0 Å². The van der Waals surface area contributed by atoms with Crippen molar-refractivity contribution in [3.05, 3.63) is 246 Å². The molecule has 2 aliphatic rings. The molecule has 0 saturated carbocycles. The fourth-order valence-electron chi connectivity index (χ4n) is 10.0. The molecular weight excluding hydrogens is 687 g/mol. The molecule has 0 radical (unpaired) electrons. The highest BCUT2D eigenvalue weighted by Gasteiger charge is 2.46. The minimum absolute atomic E-state index is 0.107. The SMILES string of the molecule is CC1(C)c2ccccc2-c2ccc(N(c3ccc(-c4ccccc4)cc3)c3ccc(C4(c5ccc6ccccc6c5)c5ccccc5-c5ccccc54)cc3)cc21. The zero-order chi connectivity index (χ0) is 38.1. The average molecular weight is 728 g/mol. The largest absolute Gasteiger partial charge is 0.310 e. The van der Waals surface area contributed by atoms with E-state index in [9.17, 15) is 0 Å². The van der Waals surface area contributed by atoms with E-state index in [0.717, 1.165) is 17.1 Å². The number of benzene rings is 9. The summed E-state index contributed by atoms with van der Waals surface area (Å²) in [6.07, 6.45) is 0. The van der Waals surface area contributed by atoms with Gasteiger partial charge in [-0.25, -0.2) is 0 Å². The zero-order valence-electron chi connectivity index (χ0n) is 32.2. The molecule has 0 heterocycles. The third-order valence-electron chi connectivity index (χ3n) is 12.8. The van der Waals surface area contributed by atoms with E-state index in [-0.39, 0.29) is 5.41 Å². The van der Waals surface area contributed by atoms with Crippen molar-refractivity contribution in [2.24, 2.45) is 0 Å². The molecule has 0 spiro atoms. The predicted molar refractivity (Wildman–Crippen MR) is 239 cm³/mol. The summed E-state index contributed by atoms with van der Waals surface area (Å²) in [6, 6.07) is 78.8. The van der Waals surface area contributed by atoms with Gasteiger partial charge in [0.25, 0.3) is 0 Å². The Kier molecular flexibility index (Phi) is 7.50. The molecule has 0 aromatic heterocycles. The first kappa shape index (κ1) is 33.4. The maximum atomic E-state index is 2.43. The van der Waals surface area contributed by atoms with Gasteiger partial charge in [0.1, 0.15) is 0 Å². The number of nitrogens with zero attached hydrogens (tertiary/aromatic N) is 1. The van der Waals surface area contributed by atoms with Crippen molar-refractivity contribution < 1.29 is 0 Å². The lowest BCUT2D eigenvalue weighted by atomic mass is 9.67. The van der Waals surface area contributed by atoms with Crippen LogP contribution in [-0.4, -0.2) is 0 Å². The van der Waals surface area contributed by atoms with Gasteiger partial charge in [-0.3, -0.25) is 0 Å². The highest BCUT2D eigenvalue weighted by atomic mass is 15.1. The summed E-state index contributed by atoms with van der Waals surface area (Å²) >= 11 is 0. The molecule has 0 unspecified atom stereocenters. The number of fused-ring (bicyclic) bond motifs is 7. The molecule has 11 rings (SSSR count). The summed E-state index contributed by atoms with van der Waals surface area (Å²) in [5.74, 6) is 0. The highest BCUT2D eigenvalue weighted by molar-refractivity contribution is 5.90. The maximum Gasteiger partial charge on any atom is 0.0713 e. The van der Waals surface area contributed by atoms with Gasteiger partial charge in [-0.2, -0.15) is 0 Å². The minimum atomic E-state index is -0.485. The Hall–Kier alpha value is -6.96. The van der Waals surface area contributed by atoms with Crippen LogP contribution < -0.4 is 4.90 Å². The Balaban J connectivity index is 1.10. The maximum absolute atomic E-state index is 2.43. The van der Waals surface area contributed by atoms with Crippen molar-refractivity contribution in [2.75, 3.05) is 4.90 Å². The first-order valence-corrected chi connectivity index (χ1v) is 20.0. The van der Waals surface area contributed by atoms with Crippen LogP contribution >= 0.6 is 0 Å². The van der Waals surface area contributed by atoms with Crippen molar-refractivity contribution in [3.63, 3.8) is 0 Å². The molecular formula is C56H41N. The standard InChI is InChI=1S/C56H41N/c1-55(2)51-21-11-8-18-47(51)50-35-34-46(37-54(50)55)57(44-30-25-40(26-31-44)38-14-4-3-5-15-38)45-32-28-42(29-33-45)56(43-27-24-39-16-6-7-17-41(39)36-43)52-22-12-9-19-48(52)49-20-10-13-23-53(49)56/h3-37H,1-2H3. The minimum Gasteiger partial charge on any atom is -0.310 e. The zero-order valence-corrected chi connectivity index (χ0v) is 32.2. The second-order valence-corrected chi connectivity index (χ2v) is 16.1. The molecule has 0 aliphatic heterocycles. The summed E-state index contributed by atoms with van der Waals surface area (Å²) in [4.78, 5) is 2.43. The van der Waals surface area contributed by atoms with Crippen molar-refractivity contribution in [2.45, 2.75) is 24.7 Å². The number of hydrogen-bond donors (Lipinski definition) is 0. The molecule has 2 aliphatic carbocycles. The van der Waals surface area contributed by atoms with Crippen LogP contribution in [0.2, 0.25) is 0 Å². The van der Waals surface area contributed by atoms with E-state index in [4.69, 9.17) is 0 Å². The van der Waals surface area contributed by atoms with Gasteiger partial charge in [-0.1, -0.05) is 184 Å². The average Bonchev–Trinajstić information content (AvgIpc) is 3.70. The summed E-state index contributed by atoms with van der Waals surface area (Å²) in [7, 11) is 0. The van der Waals surface area contributed by atoms with E-state index in [0.29, 0.717) is 0 Å². The van der Waals surface area contributed by atoms with Crippen LogP contribution in [0, 0.1) is 0 Å². The summed E-state index contributed by atoms with van der Waals surface area (Å²) in [5.41, 5.74) is 18.4. The van der Waals surface area contributed by atoms with Crippen LogP contribution in [0.25, 0.3) is 44.2 Å². The molecule has 1 nitrogen and oxygen atoms in total. The Labute approximate surface area is 335 Å². The number of rotatable bonds is 6. The van der Waals surface area contributed by atoms with Crippen molar-refractivity contribution in [1.29, 1.82) is 0 Å². The fourth-order valence-corrected chi connectivity index (χ4v) is 10.0. The monoisotopic (exact) mass is 727 g/mol. The van der Waals surface area contributed by atoms with Crippen molar-refractivity contribution in [1.82, 2.24) is 0 Å². The molecule has 57 heavy (non-hydrogen) atoms. The lowest BCUT2D eigenvalue weighted by Crippen LogP contribution is -2.28. The molecule has 9 aromatic rings. The third-order valence-corrected chi connectivity index (χ3v) is 12.8. The summed E-state index contributed by atoms with van der Waals surface area (Å²) < 4.78 is 0. The van der Waals surface area contributed by atoms with Crippen LogP contribution in [0.3, 0.4) is 0 Å². The number of anilines is 3. The topological polar surface area (TPSA) is 3.24 Å². The van der Waals surface area contributed by atoms with Gasteiger partial charge in [0.2, 0.25) is 0 Å². The lowest BCUT2D eigenvalue weighted by molar-refractivity contribution is 0.660. The van der Waals surface area contributed by atoms with Gasteiger partial charge in [0.15, 0.2) is 0 Å². The molecule has 0 bridgehead atoms. The van der Waals surface area contributed by atoms with Crippen LogP contribution in [0.4, 0.5) is 17.1 Å².